The molecule has 0 amide bonds. The van der Waals surface area contributed by atoms with Crippen molar-refractivity contribution in [3.05, 3.63) is 53.6 Å². The highest BCUT2D eigenvalue weighted by Crippen LogP contribution is 2.53. The molecular weight excluding hydrogens is 366 g/mol. The fourth-order valence-corrected chi connectivity index (χ4v) is 5.84. The van der Waals surface area contributed by atoms with Crippen LogP contribution in [0.1, 0.15) is 40.0 Å². The van der Waals surface area contributed by atoms with Crippen molar-refractivity contribution in [2.75, 3.05) is 11.4 Å². The predicted octanol–water partition coefficient (Wildman–Crippen LogP) is 6.36. The molecular formula is C24H26ClN3. The van der Waals surface area contributed by atoms with Crippen LogP contribution in [0.5, 0.6) is 0 Å². The van der Waals surface area contributed by atoms with Crippen LogP contribution in [-0.4, -0.2) is 22.6 Å². The minimum absolute atomic E-state index is 0.360. The molecule has 2 aliphatic rings. The van der Waals surface area contributed by atoms with Crippen LogP contribution >= 0.6 is 11.6 Å². The summed E-state index contributed by atoms with van der Waals surface area (Å²) in [6, 6.07) is 16.8. The van der Waals surface area contributed by atoms with Crippen LogP contribution in [0.2, 0.25) is 5.02 Å². The number of aromatic nitrogens is 2. The van der Waals surface area contributed by atoms with Gasteiger partial charge in [0.05, 0.1) is 5.52 Å². The Morgan fingerprint density at radius 3 is 2.50 bits per heavy atom. The van der Waals surface area contributed by atoms with E-state index in [0.29, 0.717) is 16.9 Å². The van der Waals surface area contributed by atoms with Gasteiger partial charge in [-0.1, -0.05) is 44.5 Å². The summed E-state index contributed by atoms with van der Waals surface area (Å²) in [6.07, 6.45) is 3.75. The molecule has 1 saturated heterocycles. The molecule has 1 aromatic heterocycles. The van der Waals surface area contributed by atoms with E-state index in [1.807, 2.05) is 24.3 Å². The predicted molar refractivity (Wildman–Crippen MR) is 117 cm³/mol. The molecule has 2 unspecified atom stereocenters. The van der Waals surface area contributed by atoms with Crippen LogP contribution in [-0.2, 0) is 0 Å². The van der Waals surface area contributed by atoms with Crippen molar-refractivity contribution < 1.29 is 0 Å². The molecule has 3 aromatic rings. The lowest BCUT2D eigenvalue weighted by Gasteiger charge is -2.39. The van der Waals surface area contributed by atoms with Gasteiger partial charge in [0, 0.05) is 28.6 Å². The molecule has 4 heteroatoms. The summed E-state index contributed by atoms with van der Waals surface area (Å²) in [5.74, 6) is 1.86. The van der Waals surface area contributed by atoms with E-state index in [9.17, 15) is 0 Å². The third-order valence-electron chi connectivity index (χ3n) is 6.37. The van der Waals surface area contributed by atoms with Gasteiger partial charge < -0.3 is 4.90 Å². The number of benzene rings is 2. The average Bonchev–Trinajstić information content (AvgIpc) is 2.90. The van der Waals surface area contributed by atoms with Gasteiger partial charge >= 0.3 is 0 Å². The molecule has 1 saturated carbocycles. The standard InChI is InChI=1S/C24H26ClN3/c1-23(2)12-18-13-24(3,14-23)15-28(18)22-19-6-4-5-7-20(19)26-21(27-22)16-8-10-17(25)11-9-16/h4-11,18H,12-15H2,1-3H3. The van der Waals surface area contributed by atoms with Crippen LogP contribution < -0.4 is 4.90 Å². The first-order chi connectivity index (χ1) is 13.3. The lowest BCUT2D eigenvalue weighted by Crippen LogP contribution is -2.35. The zero-order chi connectivity index (χ0) is 19.5. The summed E-state index contributed by atoms with van der Waals surface area (Å²) in [7, 11) is 0. The first-order valence-corrected chi connectivity index (χ1v) is 10.5. The largest absolute Gasteiger partial charge is 0.352 e. The Morgan fingerprint density at radius 1 is 0.964 bits per heavy atom. The van der Waals surface area contributed by atoms with Crippen molar-refractivity contribution in [3.63, 3.8) is 0 Å². The molecule has 2 fully saturated rings. The van der Waals surface area contributed by atoms with Crippen molar-refractivity contribution in [3.8, 4) is 11.4 Å². The number of fused-ring (bicyclic) bond motifs is 3. The summed E-state index contributed by atoms with van der Waals surface area (Å²) in [6.45, 7) is 8.35. The van der Waals surface area contributed by atoms with E-state index >= 15 is 0 Å². The Balaban J connectivity index is 1.66. The van der Waals surface area contributed by atoms with Gasteiger partial charge in [-0.2, -0.15) is 0 Å². The van der Waals surface area contributed by atoms with Crippen LogP contribution in [0.3, 0.4) is 0 Å². The summed E-state index contributed by atoms with van der Waals surface area (Å²) < 4.78 is 0. The SMILES string of the molecule is CC1(C)CC2CC(C)(CN2c2nc(-c3ccc(Cl)cc3)nc3ccccc23)C1. The third kappa shape index (κ3) is 3.06. The first kappa shape index (κ1) is 17.9. The number of anilines is 1. The van der Waals surface area contributed by atoms with E-state index in [1.165, 1.54) is 19.3 Å². The average molecular weight is 392 g/mol. The summed E-state index contributed by atoms with van der Waals surface area (Å²) >= 11 is 6.08. The van der Waals surface area contributed by atoms with E-state index in [2.05, 4.69) is 49.9 Å². The van der Waals surface area contributed by atoms with Crippen LogP contribution in [0, 0.1) is 10.8 Å². The highest BCUT2D eigenvalue weighted by molar-refractivity contribution is 6.30. The second kappa shape index (κ2) is 6.18. The van der Waals surface area contributed by atoms with Crippen molar-refractivity contribution in [1.82, 2.24) is 9.97 Å². The number of nitrogens with zero attached hydrogens (tertiary/aromatic N) is 3. The molecule has 0 radical (unpaired) electrons. The number of halogens is 1. The van der Waals surface area contributed by atoms with Gasteiger partial charge in [0.25, 0.3) is 0 Å². The molecule has 0 spiro atoms. The molecule has 0 N–H and O–H groups in total. The lowest BCUT2D eigenvalue weighted by molar-refractivity contribution is 0.136. The molecule has 1 aliphatic heterocycles. The van der Waals surface area contributed by atoms with E-state index in [-0.39, 0.29) is 0 Å². The van der Waals surface area contributed by atoms with Crippen LogP contribution in [0.15, 0.2) is 48.5 Å². The van der Waals surface area contributed by atoms with E-state index in [4.69, 9.17) is 21.6 Å². The second-order valence-corrected chi connectivity index (χ2v) is 10.2. The van der Waals surface area contributed by atoms with Gasteiger partial charge in [0.15, 0.2) is 5.82 Å². The van der Waals surface area contributed by atoms with E-state index in [0.717, 1.165) is 39.7 Å². The van der Waals surface area contributed by atoms with Gasteiger partial charge in [-0.15, -0.1) is 0 Å². The van der Waals surface area contributed by atoms with Crippen molar-refractivity contribution in [2.45, 2.75) is 46.1 Å². The smallest absolute Gasteiger partial charge is 0.162 e. The van der Waals surface area contributed by atoms with Gasteiger partial charge in [0.2, 0.25) is 0 Å². The topological polar surface area (TPSA) is 29.0 Å². The zero-order valence-corrected chi connectivity index (χ0v) is 17.5. The highest BCUT2D eigenvalue weighted by Gasteiger charge is 2.50. The Bertz CT molecular complexity index is 1040. The molecule has 2 heterocycles. The molecule has 2 bridgehead atoms. The Kier molecular flexibility index (Phi) is 3.96. The fourth-order valence-electron chi connectivity index (χ4n) is 5.71. The number of hydrogen-bond acceptors (Lipinski definition) is 3. The summed E-state index contributed by atoms with van der Waals surface area (Å²) in [5.41, 5.74) is 2.75. The molecule has 5 rings (SSSR count). The fraction of sp³-hybridized carbons (Fsp3) is 0.417. The Labute approximate surface area is 171 Å². The lowest BCUT2D eigenvalue weighted by atomic mass is 9.65. The van der Waals surface area contributed by atoms with Gasteiger partial charge in [-0.25, -0.2) is 9.97 Å². The monoisotopic (exact) mass is 391 g/mol. The summed E-state index contributed by atoms with van der Waals surface area (Å²) in [4.78, 5) is 12.5. The number of hydrogen-bond donors (Lipinski definition) is 0. The molecule has 144 valence electrons. The maximum absolute atomic E-state index is 6.08. The van der Waals surface area contributed by atoms with Gasteiger partial charge in [-0.05, 0) is 66.5 Å². The van der Waals surface area contributed by atoms with Gasteiger partial charge in [-0.3, -0.25) is 0 Å². The molecule has 1 aliphatic carbocycles. The number of rotatable bonds is 2. The first-order valence-electron chi connectivity index (χ1n) is 10.1. The zero-order valence-electron chi connectivity index (χ0n) is 16.7. The number of para-hydroxylation sites is 1. The van der Waals surface area contributed by atoms with Crippen molar-refractivity contribution in [2.24, 2.45) is 10.8 Å². The minimum atomic E-state index is 0.360. The minimum Gasteiger partial charge on any atom is -0.352 e. The van der Waals surface area contributed by atoms with E-state index in [1.54, 1.807) is 0 Å². The van der Waals surface area contributed by atoms with Crippen LogP contribution in [0.25, 0.3) is 22.3 Å². The quantitative estimate of drug-likeness (QED) is 0.509. The molecule has 2 atom stereocenters. The third-order valence-corrected chi connectivity index (χ3v) is 6.62. The van der Waals surface area contributed by atoms with E-state index < -0.39 is 0 Å². The molecule has 28 heavy (non-hydrogen) atoms. The highest BCUT2D eigenvalue weighted by atomic mass is 35.5. The molecule has 2 aromatic carbocycles. The van der Waals surface area contributed by atoms with Gasteiger partial charge in [0.1, 0.15) is 5.82 Å². The Hall–Kier alpha value is -2.13. The van der Waals surface area contributed by atoms with Crippen molar-refractivity contribution >= 4 is 28.3 Å². The van der Waals surface area contributed by atoms with Crippen LogP contribution in [0.4, 0.5) is 5.82 Å². The maximum atomic E-state index is 6.08. The molecule has 3 nitrogen and oxygen atoms in total. The maximum Gasteiger partial charge on any atom is 0.162 e. The Morgan fingerprint density at radius 2 is 1.71 bits per heavy atom. The summed E-state index contributed by atoms with van der Waals surface area (Å²) in [5, 5.41) is 1.88. The second-order valence-electron chi connectivity index (χ2n) is 9.74. The normalized spacial score (nSPS) is 26.0. The van der Waals surface area contributed by atoms with Crippen molar-refractivity contribution in [1.29, 1.82) is 0 Å².